The van der Waals surface area contributed by atoms with Gasteiger partial charge < -0.3 is 20.3 Å². The third-order valence-corrected chi connectivity index (χ3v) is 5.82. The molecule has 1 aromatic carbocycles. The number of aliphatic imine (C=N–C) groups is 1. The van der Waals surface area contributed by atoms with Gasteiger partial charge in [0, 0.05) is 32.1 Å². The zero-order valence-electron chi connectivity index (χ0n) is 16.6. The van der Waals surface area contributed by atoms with E-state index in [0.717, 1.165) is 38.3 Å². The van der Waals surface area contributed by atoms with Crippen molar-refractivity contribution in [3.05, 3.63) is 29.3 Å². The summed E-state index contributed by atoms with van der Waals surface area (Å²) >= 11 is 6.09. The molecule has 1 saturated heterocycles. The molecule has 1 aliphatic heterocycles. The van der Waals surface area contributed by atoms with Crippen LogP contribution in [-0.2, 0) is 4.79 Å². The fraction of sp³-hybridized carbons (Fsp3) is 0.619. The van der Waals surface area contributed by atoms with Crippen molar-refractivity contribution >= 4 is 23.5 Å². The summed E-state index contributed by atoms with van der Waals surface area (Å²) in [5.74, 6) is 2.01. The number of halogens is 1. The van der Waals surface area contributed by atoms with Gasteiger partial charge in [0.05, 0.1) is 11.6 Å². The van der Waals surface area contributed by atoms with E-state index in [1.165, 1.54) is 19.3 Å². The largest absolute Gasteiger partial charge is 0.490 e. The maximum Gasteiger partial charge on any atom is 0.225 e. The number of carbonyl (C=O) groups excluding carboxylic acids is 1. The Morgan fingerprint density at radius 3 is 2.79 bits per heavy atom. The van der Waals surface area contributed by atoms with E-state index in [2.05, 4.69) is 15.6 Å². The number of hydrogen-bond acceptors (Lipinski definition) is 3. The third kappa shape index (κ3) is 5.77. The summed E-state index contributed by atoms with van der Waals surface area (Å²) in [4.78, 5) is 19.0. The molecule has 2 N–H and O–H groups in total. The fourth-order valence-electron chi connectivity index (χ4n) is 3.97. The second-order valence-corrected chi connectivity index (χ2v) is 7.93. The van der Waals surface area contributed by atoms with Gasteiger partial charge in [-0.05, 0) is 31.4 Å². The lowest BCUT2D eigenvalue weighted by Gasteiger charge is -2.26. The molecule has 0 radical (unpaired) electrons. The Labute approximate surface area is 172 Å². The predicted molar refractivity (Wildman–Crippen MR) is 113 cm³/mol. The average molecular weight is 407 g/mol. The zero-order valence-corrected chi connectivity index (χ0v) is 17.4. The summed E-state index contributed by atoms with van der Waals surface area (Å²) < 4.78 is 5.69. The number of para-hydroxylation sites is 1. The molecule has 28 heavy (non-hydrogen) atoms. The van der Waals surface area contributed by atoms with Crippen molar-refractivity contribution in [2.45, 2.75) is 44.6 Å². The minimum atomic E-state index is 0.239. The summed E-state index contributed by atoms with van der Waals surface area (Å²) in [6, 6.07) is 7.68. The topological polar surface area (TPSA) is 66.0 Å². The van der Waals surface area contributed by atoms with Gasteiger partial charge in [0.2, 0.25) is 5.91 Å². The Morgan fingerprint density at radius 1 is 1.25 bits per heavy atom. The van der Waals surface area contributed by atoms with Gasteiger partial charge in [-0.2, -0.15) is 0 Å². The van der Waals surface area contributed by atoms with Gasteiger partial charge in [-0.15, -0.1) is 0 Å². The first-order valence-electron chi connectivity index (χ1n) is 10.3. The highest BCUT2D eigenvalue weighted by Crippen LogP contribution is 2.27. The van der Waals surface area contributed by atoms with Crippen molar-refractivity contribution < 1.29 is 9.53 Å². The highest BCUT2D eigenvalue weighted by atomic mass is 35.5. The molecular formula is C21H31ClN4O2. The van der Waals surface area contributed by atoms with Gasteiger partial charge >= 0.3 is 0 Å². The number of nitrogens with one attached hydrogen (secondary N) is 2. The van der Waals surface area contributed by atoms with Crippen LogP contribution in [-0.4, -0.2) is 56.1 Å². The second-order valence-electron chi connectivity index (χ2n) is 7.53. The van der Waals surface area contributed by atoms with Gasteiger partial charge in [0.15, 0.2) is 5.96 Å². The van der Waals surface area contributed by atoms with E-state index in [4.69, 9.17) is 16.3 Å². The summed E-state index contributed by atoms with van der Waals surface area (Å²) in [5, 5.41) is 7.30. The maximum absolute atomic E-state index is 12.7. The van der Waals surface area contributed by atoms with Crippen LogP contribution in [0.2, 0.25) is 5.02 Å². The van der Waals surface area contributed by atoms with Crippen molar-refractivity contribution in [2.24, 2.45) is 10.9 Å². The van der Waals surface area contributed by atoms with Crippen LogP contribution in [0.4, 0.5) is 0 Å². The Morgan fingerprint density at radius 2 is 2.04 bits per heavy atom. The number of rotatable bonds is 6. The Hall–Kier alpha value is -1.95. The Balaban J connectivity index is 1.38. The number of guanidine groups is 1. The molecule has 1 aliphatic carbocycles. The van der Waals surface area contributed by atoms with Crippen molar-refractivity contribution in [1.82, 2.24) is 15.5 Å². The van der Waals surface area contributed by atoms with Crippen LogP contribution >= 0.6 is 11.6 Å². The SMILES string of the molecule is CN=C(NCCOc1ccccc1Cl)NC1CCN(C(=O)C2CCCCC2)C1. The molecule has 1 aromatic rings. The number of hydrogen-bond donors (Lipinski definition) is 2. The Bertz CT molecular complexity index is 676. The summed E-state index contributed by atoms with van der Waals surface area (Å²) in [7, 11) is 1.75. The number of nitrogens with zero attached hydrogens (tertiary/aromatic N) is 2. The average Bonchev–Trinajstić information content (AvgIpc) is 3.20. The van der Waals surface area contributed by atoms with E-state index in [-0.39, 0.29) is 12.0 Å². The second kappa shape index (κ2) is 10.6. The summed E-state index contributed by atoms with van der Waals surface area (Å²) in [5.41, 5.74) is 0. The first-order valence-corrected chi connectivity index (χ1v) is 10.7. The zero-order chi connectivity index (χ0) is 19.8. The lowest BCUT2D eigenvalue weighted by Crippen LogP contribution is -2.46. The molecule has 1 saturated carbocycles. The molecule has 0 bridgehead atoms. The lowest BCUT2D eigenvalue weighted by molar-refractivity contribution is -0.135. The molecule has 1 heterocycles. The minimum Gasteiger partial charge on any atom is -0.490 e. The van der Waals surface area contributed by atoms with E-state index < -0.39 is 0 Å². The molecule has 1 unspecified atom stereocenters. The van der Waals surface area contributed by atoms with Gasteiger partial charge in [0.25, 0.3) is 0 Å². The molecule has 2 fully saturated rings. The van der Waals surface area contributed by atoms with Crippen molar-refractivity contribution in [1.29, 1.82) is 0 Å². The molecule has 6 nitrogen and oxygen atoms in total. The van der Waals surface area contributed by atoms with Crippen LogP contribution < -0.4 is 15.4 Å². The number of carbonyl (C=O) groups is 1. The van der Waals surface area contributed by atoms with Gasteiger partial charge in [-0.3, -0.25) is 9.79 Å². The molecular weight excluding hydrogens is 376 g/mol. The number of amides is 1. The molecule has 2 aliphatic rings. The number of ether oxygens (including phenoxy) is 1. The van der Waals surface area contributed by atoms with E-state index in [1.54, 1.807) is 7.05 Å². The molecule has 1 atom stereocenters. The van der Waals surface area contributed by atoms with Gasteiger partial charge in [-0.25, -0.2) is 0 Å². The minimum absolute atomic E-state index is 0.239. The lowest BCUT2D eigenvalue weighted by atomic mass is 9.88. The molecule has 0 spiro atoms. The van der Waals surface area contributed by atoms with Crippen molar-refractivity contribution in [3.63, 3.8) is 0 Å². The quantitative estimate of drug-likeness (QED) is 0.433. The van der Waals surface area contributed by atoms with Crippen LogP contribution in [0.25, 0.3) is 0 Å². The smallest absolute Gasteiger partial charge is 0.225 e. The maximum atomic E-state index is 12.7. The highest BCUT2D eigenvalue weighted by molar-refractivity contribution is 6.32. The van der Waals surface area contributed by atoms with E-state index in [1.807, 2.05) is 29.2 Å². The number of benzene rings is 1. The molecule has 0 aromatic heterocycles. The van der Waals surface area contributed by atoms with Crippen LogP contribution in [0.5, 0.6) is 5.75 Å². The monoisotopic (exact) mass is 406 g/mol. The van der Waals surface area contributed by atoms with Gasteiger partial charge in [-0.1, -0.05) is 43.0 Å². The van der Waals surface area contributed by atoms with Crippen LogP contribution in [0.15, 0.2) is 29.3 Å². The van der Waals surface area contributed by atoms with E-state index in [9.17, 15) is 4.79 Å². The van der Waals surface area contributed by atoms with E-state index >= 15 is 0 Å². The molecule has 7 heteroatoms. The first-order chi connectivity index (χ1) is 13.7. The predicted octanol–water partition coefficient (Wildman–Crippen LogP) is 3.07. The normalized spacial score (nSPS) is 20.9. The number of likely N-dealkylation sites (tertiary alicyclic amines) is 1. The summed E-state index contributed by atoms with van der Waals surface area (Å²) in [6.07, 6.45) is 6.73. The Kier molecular flexibility index (Phi) is 7.83. The van der Waals surface area contributed by atoms with Crippen LogP contribution in [0.3, 0.4) is 0 Å². The first kappa shape index (κ1) is 20.8. The molecule has 1 amide bonds. The van der Waals surface area contributed by atoms with Gasteiger partial charge in [0.1, 0.15) is 12.4 Å². The highest BCUT2D eigenvalue weighted by Gasteiger charge is 2.31. The molecule has 3 rings (SSSR count). The van der Waals surface area contributed by atoms with Crippen molar-refractivity contribution in [3.8, 4) is 5.75 Å². The summed E-state index contributed by atoms with van der Waals surface area (Å²) in [6.45, 7) is 2.69. The fourth-order valence-corrected chi connectivity index (χ4v) is 4.16. The standard InChI is InChI=1S/C21H31ClN4O2/c1-23-21(24-12-14-28-19-10-6-5-9-18(19)22)25-17-11-13-26(15-17)20(27)16-7-3-2-4-8-16/h5-6,9-10,16-17H,2-4,7-8,11-15H2,1H3,(H2,23,24,25). The van der Waals surface area contributed by atoms with Crippen molar-refractivity contribution in [2.75, 3.05) is 33.3 Å². The third-order valence-electron chi connectivity index (χ3n) is 5.51. The van der Waals surface area contributed by atoms with Crippen LogP contribution in [0, 0.1) is 5.92 Å². The van der Waals surface area contributed by atoms with Crippen LogP contribution in [0.1, 0.15) is 38.5 Å². The molecule has 154 valence electrons. The van der Waals surface area contributed by atoms with E-state index in [0.29, 0.717) is 29.8 Å².